The Hall–Kier alpha value is -1.75. The Morgan fingerprint density at radius 2 is 1.80 bits per heavy atom. The molecule has 0 spiro atoms. The quantitative estimate of drug-likeness (QED) is 0.829. The Bertz CT molecular complexity index is 672. The van der Waals surface area contributed by atoms with Crippen LogP contribution in [0.15, 0.2) is 24.8 Å². The Kier molecular flexibility index (Phi) is 5.11. The average Bonchev–Trinajstić information content (AvgIpc) is 3.32. The maximum absolute atomic E-state index is 4.69. The lowest BCUT2D eigenvalue weighted by Crippen LogP contribution is -2.32. The second kappa shape index (κ2) is 7.65. The molecule has 1 aliphatic heterocycles. The fourth-order valence-corrected chi connectivity index (χ4v) is 4.49. The maximum Gasteiger partial charge on any atom is 0.143 e. The number of hydrogen-bond donors (Lipinski definition) is 0. The third kappa shape index (κ3) is 3.61. The van der Waals surface area contributed by atoms with Crippen molar-refractivity contribution in [2.75, 3.05) is 13.1 Å². The monoisotopic (exact) mass is 339 g/mol. The minimum absolute atomic E-state index is 0.555. The smallest absolute Gasteiger partial charge is 0.143 e. The Morgan fingerprint density at radius 3 is 2.56 bits per heavy atom. The van der Waals surface area contributed by atoms with Gasteiger partial charge in [0.2, 0.25) is 0 Å². The summed E-state index contributed by atoms with van der Waals surface area (Å²) in [5.41, 5.74) is 1.03. The highest BCUT2D eigenvalue weighted by atomic mass is 15.2. The van der Waals surface area contributed by atoms with Crippen molar-refractivity contribution >= 4 is 0 Å². The molecular weight excluding hydrogens is 310 g/mol. The fourth-order valence-electron chi connectivity index (χ4n) is 4.49. The van der Waals surface area contributed by atoms with Crippen molar-refractivity contribution in [3.8, 4) is 11.4 Å². The molecule has 0 N–H and O–H groups in total. The van der Waals surface area contributed by atoms with Crippen LogP contribution in [0.5, 0.6) is 0 Å². The van der Waals surface area contributed by atoms with Gasteiger partial charge in [-0.25, -0.2) is 15.0 Å². The van der Waals surface area contributed by atoms with Crippen LogP contribution in [-0.2, 0) is 6.54 Å². The summed E-state index contributed by atoms with van der Waals surface area (Å²) in [6.45, 7) is 5.62. The average molecular weight is 339 g/mol. The molecule has 0 amide bonds. The van der Waals surface area contributed by atoms with E-state index in [9.17, 15) is 0 Å². The van der Waals surface area contributed by atoms with E-state index in [1.807, 2.05) is 18.6 Å². The summed E-state index contributed by atoms with van der Waals surface area (Å²) < 4.78 is 2.28. The lowest BCUT2D eigenvalue weighted by atomic mass is 9.89. The number of aromatic nitrogens is 4. The van der Waals surface area contributed by atoms with E-state index >= 15 is 0 Å². The molecule has 134 valence electrons. The van der Waals surface area contributed by atoms with Crippen molar-refractivity contribution in [2.24, 2.45) is 0 Å². The first-order valence-electron chi connectivity index (χ1n) is 9.92. The minimum atomic E-state index is 0.555. The molecule has 1 aliphatic carbocycles. The third-order valence-electron chi connectivity index (χ3n) is 5.93. The van der Waals surface area contributed by atoms with E-state index in [0.29, 0.717) is 12.0 Å². The van der Waals surface area contributed by atoms with Gasteiger partial charge in [0.1, 0.15) is 11.6 Å². The predicted molar refractivity (Wildman–Crippen MR) is 99.3 cm³/mol. The molecule has 0 unspecified atom stereocenters. The summed E-state index contributed by atoms with van der Waals surface area (Å²) >= 11 is 0. The lowest BCUT2D eigenvalue weighted by molar-refractivity contribution is 0.245. The zero-order chi connectivity index (χ0) is 17.1. The molecule has 1 saturated carbocycles. The van der Waals surface area contributed by atoms with Crippen molar-refractivity contribution in [1.29, 1.82) is 0 Å². The molecule has 5 heteroatoms. The molecule has 5 nitrogen and oxygen atoms in total. The maximum atomic E-state index is 4.69. The standard InChI is InChI=1S/C20H29N5/c1-2-24-11-6-9-18(24)15-25-12-10-21-20(25)17-13-22-19(23-14-17)16-7-4-3-5-8-16/h10,12-14,16,18H,2-9,11,15H2,1H3/t18-/m0/s1. The highest BCUT2D eigenvalue weighted by Gasteiger charge is 2.24. The van der Waals surface area contributed by atoms with E-state index < -0.39 is 0 Å². The minimum Gasteiger partial charge on any atom is -0.329 e. The third-order valence-corrected chi connectivity index (χ3v) is 5.93. The van der Waals surface area contributed by atoms with Crippen molar-refractivity contribution in [3.05, 3.63) is 30.6 Å². The van der Waals surface area contributed by atoms with Crippen molar-refractivity contribution in [1.82, 2.24) is 24.4 Å². The van der Waals surface area contributed by atoms with Gasteiger partial charge in [0.25, 0.3) is 0 Å². The summed E-state index contributed by atoms with van der Waals surface area (Å²) in [7, 11) is 0. The molecule has 0 radical (unpaired) electrons. The van der Waals surface area contributed by atoms with Crippen LogP contribution >= 0.6 is 0 Å². The topological polar surface area (TPSA) is 46.8 Å². The highest BCUT2D eigenvalue weighted by Crippen LogP contribution is 2.31. The molecule has 3 heterocycles. The Morgan fingerprint density at radius 1 is 1.00 bits per heavy atom. The predicted octanol–water partition coefficient (Wildman–Crippen LogP) is 3.87. The second-order valence-corrected chi connectivity index (χ2v) is 7.49. The number of likely N-dealkylation sites (tertiary alicyclic amines) is 1. The molecule has 1 saturated heterocycles. The van der Waals surface area contributed by atoms with Gasteiger partial charge < -0.3 is 4.57 Å². The van der Waals surface area contributed by atoms with E-state index in [4.69, 9.17) is 0 Å². The van der Waals surface area contributed by atoms with Crippen LogP contribution in [0.4, 0.5) is 0 Å². The molecule has 2 fully saturated rings. The zero-order valence-corrected chi connectivity index (χ0v) is 15.3. The van der Waals surface area contributed by atoms with Gasteiger partial charge in [-0.05, 0) is 38.8 Å². The number of hydrogen-bond acceptors (Lipinski definition) is 4. The molecule has 2 aromatic heterocycles. The summed E-state index contributed by atoms with van der Waals surface area (Å²) in [6, 6.07) is 0.625. The van der Waals surface area contributed by atoms with Gasteiger partial charge >= 0.3 is 0 Å². The summed E-state index contributed by atoms with van der Waals surface area (Å²) in [5.74, 6) is 2.58. The van der Waals surface area contributed by atoms with Crippen LogP contribution in [0.2, 0.25) is 0 Å². The van der Waals surface area contributed by atoms with Crippen LogP contribution in [-0.4, -0.2) is 43.6 Å². The van der Waals surface area contributed by atoms with Gasteiger partial charge in [0.15, 0.2) is 0 Å². The van der Waals surface area contributed by atoms with Crippen molar-refractivity contribution in [3.63, 3.8) is 0 Å². The van der Waals surface area contributed by atoms with E-state index in [-0.39, 0.29) is 0 Å². The van der Waals surface area contributed by atoms with E-state index in [0.717, 1.165) is 30.3 Å². The first-order valence-corrected chi connectivity index (χ1v) is 9.92. The Labute approximate surface area is 150 Å². The van der Waals surface area contributed by atoms with Gasteiger partial charge in [-0.3, -0.25) is 4.90 Å². The highest BCUT2D eigenvalue weighted by molar-refractivity contribution is 5.52. The number of likely N-dealkylation sites (N-methyl/N-ethyl adjacent to an activating group) is 1. The van der Waals surface area contributed by atoms with Gasteiger partial charge in [-0.2, -0.15) is 0 Å². The number of imidazole rings is 1. The van der Waals surface area contributed by atoms with E-state index in [1.54, 1.807) is 0 Å². The fraction of sp³-hybridized carbons (Fsp3) is 0.650. The Balaban J connectivity index is 1.49. The summed E-state index contributed by atoms with van der Waals surface area (Å²) in [4.78, 5) is 16.5. The number of rotatable bonds is 5. The van der Waals surface area contributed by atoms with Crippen molar-refractivity contribution < 1.29 is 0 Å². The van der Waals surface area contributed by atoms with E-state index in [2.05, 4.69) is 37.5 Å². The first kappa shape index (κ1) is 16.7. The van der Waals surface area contributed by atoms with Gasteiger partial charge in [-0.1, -0.05) is 26.2 Å². The van der Waals surface area contributed by atoms with Crippen LogP contribution in [0.1, 0.15) is 63.6 Å². The summed E-state index contributed by atoms with van der Waals surface area (Å²) in [5, 5.41) is 0. The molecule has 25 heavy (non-hydrogen) atoms. The molecule has 2 aliphatic rings. The number of nitrogens with zero attached hydrogens (tertiary/aromatic N) is 5. The largest absolute Gasteiger partial charge is 0.329 e. The normalized spacial score (nSPS) is 22.5. The van der Waals surface area contributed by atoms with E-state index in [1.165, 1.54) is 51.5 Å². The van der Waals surface area contributed by atoms with Gasteiger partial charge in [-0.15, -0.1) is 0 Å². The van der Waals surface area contributed by atoms with Gasteiger partial charge in [0.05, 0.1) is 5.56 Å². The molecular formula is C20H29N5. The van der Waals surface area contributed by atoms with Crippen LogP contribution in [0.3, 0.4) is 0 Å². The second-order valence-electron chi connectivity index (χ2n) is 7.49. The van der Waals surface area contributed by atoms with Crippen LogP contribution in [0, 0.1) is 0 Å². The molecule has 0 bridgehead atoms. The molecule has 1 atom stereocenters. The molecule has 2 aromatic rings. The summed E-state index contributed by atoms with van der Waals surface area (Å²) in [6.07, 6.45) is 17.0. The zero-order valence-electron chi connectivity index (χ0n) is 15.3. The van der Waals surface area contributed by atoms with Gasteiger partial charge in [0, 0.05) is 43.3 Å². The SMILES string of the molecule is CCN1CCC[C@H]1Cn1ccnc1-c1cnc(C2CCCCC2)nc1. The molecule has 0 aromatic carbocycles. The lowest BCUT2D eigenvalue weighted by Gasteiger charge is -2.24. The first-order chi connectivity index (χ1) is 12.3. The van der Waals surface area contributed by atoms with Crippen LogP contribution < -0.4 is 0 Å². The van der Waals surface area contributed by atoms with Crippen molar-refractivity contribution in [2.45, 2.75) is 70.4 Å². The van der Waals surface area contributed by atoms with Crippen LogP contribution in [0.25, 0.3) is 11.4 Å². The molecule has 4 rings (SSSR count).